The van der Waals surface area contributed by atoms with Gasteiger partial charge in [0.2, 0.25) is 0 Å². The van der Waals surface area contributed by atoms with E-state index in [9.17, 15) is 19.8 Å². The van der Waals surface area contributed by atoms with Gasteiger partial charge in [-0.25, -0.2) is 0 Å². The number of nitrogens with zero attached hydrogens (tertiary/aromatic N) is 1. The summed E-state index contributed by atoms with van der Waals surface area (Å²) in [5.41, 5.74) is 1.36. The quantitative estimate of drug-likeness (QED) is 0.313. The Morgan fingerprint density at radius 2 is 1.67 bits per heavy atom. The maximum atomic E-state index is 13.3. The van der Waals surface area contributed by atoms with Crippen molar-refractivity contribution in [2.24, 2.45) is 0 Å². The number of ether oxygens (including phenoxy) is 3. The van der Waals surface area contributed by atoms with Crippen molar-refractivity contribution >= 4 is 17.4 Å². The standard InChI is InChI=1S/C28H35NO7/c1-16(2)36-13-12-29-24(17-8-10-22(35-7)20(30)14-17)23(26(32)27(29)33)25(31)19-15-18(28(3,4)5)9-11-21(19)34-6/h8-11,14-16,24,30-31H,12-13H2,1-7H3/b25-23+. The van der Waals surface area contributed by atoms with Crippen molar-refractivity contribution in [3.8, 4) is 17.2 Å². The molecule has 0 bridgehead atoms. The number of rotatable bonds is 8. The topological polar surface area (TPSA) is 106 Å². The average molecular weight is 498 g/mol. The first kappa shape index (κ1) is 27.1. The van der Waals surface area contributed by atoms with Crippen LogP contribution in [0.2, 0.25) is 0 Å². The molecule has 1 saturated heterocycles. The third-order valence-electron chi connectivity index (χ3n) is 6.16. The summed E-state index contributed by atoms with van der Waals surface area (Å²) >= 11 is 0. The zero-order valence-electron chi connectivity index (χ0n) is 21.9. The SMILES string of the molecule is COc1ccc(C2/C(=C(\O)c3cc(C(C)(C)C)ccc3OC)C(=O)C(=O)N2CCOC(C)C)cc1O. The Morgan fingerprint density at radius 3 is 2.22 bits per heavy atom. The van der Waals surface area contributed by atoms with E-state index in [4.69, 9.17) is 14.2 Å². The van der Waals surface area contributed by atoms with Gasteiger partial charge in [0.05, 0.1) is 44.1 Å². The Morgan fingerprint density at radius 1 is 1.03 bits per heavy atom. The third-order valence-corrected chi connectivity index (χ3v) is 6.16. The van der Waals surface area contributed by atoms with Gasteiger partial charge in [-0.2, -0.15) is 0 Å². The molecule has 1 aliphatic heterocycles. The first-order chi connectivity index (χ1) is 16.9. The highest BCUT2D eigenvalue weighted by atomic mass is 16.5. The number of carbonyl (C=O) groups is 2. The molecule has 1 fully saturated rings. The van der Waals surface area contributed by atoms with E-state index in [1.54, 1.807) is 24.3 Å². The van der Waals surface area contributed by atoms with Crippen molar-refractivity contribution in [2.75, 3.05) is 27.4 Å². The number of Topliss-reactive ketones (excluding diaryl/α,β-unsaturated/α-hetero) is 1. The highest BCUT2D eigenvalue weighted by Gasteiger charge is 2.46. The first-order valence-corrected chi connectivity index (χ1v) is 11.9. The predicted molar refractivity (Wildman–Crippen MR) is 136 cm³/mol. The number of aliphatic hydroxyl groups excluding tert-OH is 1. The number of phenolic OH excluding ortho intramolecular Hbond substituents is 1. The van der Waals surface area contributed by atoms with Crippen LogP contribution in [0.25, 0.3) is 5.76 Å². The van der Waals surface area contributed by atoms with E-state index >= 15 is 0 Å². The molecule has 2 N–H and O–H groups in total. The molecule has 8 nitrogen and oxygen atoms in total. The van der Waals surface area contributed by atoms with Gasteiger partial charge in [-0.15, -0.1) is 0 Å². The Labute approximate surface area is 212 Å². The summed E-state index contributed by atoms with van der Waals surface area (Å²) in [5, 5.41) is 22.0. The Balaban J connectivity index is 2.23. The lowest BCUT2D eigenvalue weighted by Gasteiger charge is -2.26. The van der Waals surface area contributed by atoms with Gasteiger partial charge in [-0.3, -0.25) is 9.59 Å². The van der Waals surface area contributed by atoms with E-state index in [2.05, 4.69) is 0 Å². The Bertz CT molecular complexity index is 1180. The van der Waals surface area contributed by atoms with Crippen LogP contribution in [-0.2, 0) is 19.7 Å². The summed E-state index contributed by atoms with van der Waals surface area (Å²) < 4.78 is 16.3. The minimum atomic E-state index is -0.944. The largest absolute Gasteiger partial charge is 0.507 e. The molecule has 194 valence electrons. The molecular weight excluding hydrogens is 462 g/mol. The van der Waals surface area contributed by atoms with Crippen LogP contribution in [-0.4, -0.2) is 60.3 Å². The van der Waals surface area contributed by atoms with Gasteiger partial charge in [-0.05, 0) is 54.7 Å². The van der Waals surface area contributed by atoms with Crippen molar-refractivity contribution in [2.45, 2.75) is 52.2 Å². The van der Waals surface area contributed by atoms with Crippen molar-refractivity contribution in [1.82, 2.24) is 4.90 Å². The summed E-state index contributed by atoms with van der Waals surface area (Å²) in [4.78, 5) is 27.8. The van der Waals surface area contributed by atoms with Crippen LogP contribution in [0.15, 0.2) is 42.0 Å². The maximum absolute atomic E-state index is 13.3. The van der Waals surface area contributed by atoms with Gasteiger partial charge in [0.1, 0.15) is 11.5 Å². The maximum Gasteiger partial charge on any atom is 0.295 e. The van der Waals surface area contributed by atoms with Crippen LogP contribution in [0, 0.1) is 0 Å². The fourth-order valence-electron chi connectivity index (χ4n) is 4.23. The number of amides is 1. The molecule has 0 spiro atoms. The molecule has 0 aliphatic carbocycles. The number of hydrogen-bond donors (Lipinski definition) is 2. The van der Waals surface area contributed by atoms with E-state index in [0.717, 1.165) is 5.56 Å². The van der Waals surface area contributed by atoms with Gasteiger partial charge >= 0.3 is 0 Å². The van der Waals surface area contributed by atoms with Gasteiger partial charge in [-0.1, -0.05) is 32.9 Å². The normalized spacial score (nSPS) is 17.7. The number of likely N-dealkylation sites (tertiary alicyclic amines) is 1. The van der Waals surface area contributed by atoms with Crippen LogP contribution in [0.3, 0.4) is 0 Å². The molecule has 1 heterocycles. The van der Waals surface area contributed by atoms with Crippen LogP contribution in [0.4, 0.5) is 0 Å². The van der Waals surface area contributed by atoms with E-state index in [0.29, 0.717) is 16.9 Å². The third kappa shape index (κ3) is 5.33. The summed E-state index contributed by atoms with van der Waals surface area (Å²) in [7, 11) is 2.91. The number of carbonyl (C=O) groups excluding carboxylic acids is 2. The van der Waals surface area contributed by atoms with Crippen molar-refractivity contribution in [3.05, 3.63) is 58.7 Å². The van der Waals surface area contributed by atoms with Gasteiger partial charge in [0, 0.05) is 6.54 Å². The zero-order chi connectivity index (χ0) is 26.8. The molecule has 3 rings (SSSR count). The monoisotopic (exact) mass is 497 g/mol. The molecular formula is C28H35NO7. The number of aromatic hydroxyl groups is 1. The minimum Gasteiger partial charge on any atom is -0.507 e. The van der Waals surface area contributed by atoms with Crippen LogP contribution < -0.4 is 9.47 Å². The smallest absolute Gasteiger partial charge is 0.295 e. The molecule has 0 saturated carbocycles. The molecule has 0 radical (unpaired) electrons. The predicted octanol–water partition coefficient (Wildman–Crippen LogP) is 4.55. The molecule has 36 heavy (non-hydrogen) atoms. The lowest BCUT2D eigenvalue weighted by molar-refractivity contribution is -0.140. The van der Waals surface area contributed by atoms with Crippen molar-refractivity contribution < 1.29 is 34.0 Å². The first-order valence-electron chi connectivity index (χ1n) is 11.9. The Kier molecular flexibility index (Phi) is 7.99. The molecule has 1 unspecified atom stereocenters. The van der Waals surface area contributed by atoms with Crippen LogP contribution >= 0.6 is 0 Å². The number of phenols is 1. The van der Waals surface area contributed by atoms with Gasteiger partial charge < -0.3 is 29.3 Å². The fourth-order valence-corrected chi connectivity index (χ4v) is 4.23. The number of aliphatic hydroxyl groups is 1. The molecule has 8 heteroatoms. The minimum absolute atomic E-state index is 0.0605. The van der Waals surface area contributed by atoms with Gasteiger partial charge in [0.15, 0.2) is 11.5 Å². The second-order valence-corrected chi connectivity index (χ2v) is 10.0. The Hall–Kier alpha value is -3.52. The van der Waals surface area contributed by atoms with Crippen molar-refractivity contribution in [3.63, 3.8) is 0 Å². The van der Waals surface area contributed by atoms with Crippen LogP contribution in [0.1, 0.15) is 57.4 Å². The number of methoxy groups -OCH3 is 2. The molecule has 1 aliphatic rings. The van der Waals surface area contributed by atoms with E-state index in [1.165, 1.54) is 25.2 Å². The summed E-state index contributed by atoms with van der Waals surface area (Å²) in [5.74, 6) is -1.45. The highest BCUT2D eigenvalue weighted by Crippen LogP contribution is 2.43. The molecule has 2 aromatic carbocycles. The lowest BCUT2D eigenvalue weighted by atomic mass is 9.85. The van der Waals surface area contributed by atoms with Gasteiger partial charge in [0.25, 0.3) is 11.7 Å². The van der Waals surface area contributed by atoms with E-state index in [-0.39, 0.29) is 47.5 Å². The van der Waals surface area contributed by atoms with E-state index < -0.39 is 17.7 Å². The zero-order valence-corrected chi connectivity index (χ0v) is 21.9. The second kappa shape index (κ2) is 10.6. The lowest BCUT2D eigenvalue weighted by Crippen LogP contribution is -2.33. The summed E-state index contributed by atoms with van der Waals surface area (Å²) in [6, 6.07) is 9.10. The van der Waals surface area contributed by atoms with Crippen molar-refractivity contribution in [1.29, 1.82) is 0 Å². The van der Waals surface area contributed by atoms with E-state index in [1.807, 2.05) is 40.7 Å². The summed E-state index contributed by atoms with van der Waals surface area (Å²) in [6.07, 6.45) is -0.0605. The molecule has 0 aromatic heterocycles. The molecule has 1 amide bonds. The average Bonchev–Trinajstić information content (AvgIpc) is 3.07. The number of benzene rings is 2. The summed E-state index contributed by atoms with van der Waals surface area (Å²) in [6.45, 7) is 10.2. The fraction of sp³-hybridized carbons (Fsp3) is 0.429. The van der Waals surface area contributed by atoms with Crippen LogP contribution in [0.5, 0.6) is 17.2 Å². The molecule has 2 aromatic rings. The number of ketones is 1. The highest BCUT2D eigenvalue weighted by molar-refractivity contribution is 6.46. The molecule has 1 atom stereocenters. The second-order valence-electron chi connectivity index (χ2n) is 10.0. The number of hydrogen-bond acceptors (Lipinski definition) is 7.